The molecule has 3 rings (SSSR count). The van der Waals surface area contributed by atoms with Gasteiger partial charge in [0.05, 0.1) is 13.2 Å². The van der Waals surface area contributed by atoms with E-state index in [2.05, 4.69) is 10.1 Å². The largest absolute Gasteiger partial charge is 0.453 e. The average Bonchev–Trinajstić information content (AvgIpc) is 2.91. The quantitative estimate of drug-likeness (QED) is 0.572. The van der Waals surface area contributed by atoms with Gasteiger partial charge in [-0.25, -0.2) is 4.79 Å². The first kappa shape index (κ1) is 12.9. The van der Waals surface area contributed by atoms with Crippen LogP contribution >= 0.6 is 0 Å². The second kappa shape index (κ2) is 4.78. The number of amides is 1. The maximum Gasteiger partial charge on any atom is 0.434 e. The van der Waals surface area contributed by atoms with E-state index in [1.807, 2.05) is 0 Å². The van der Waals surface area contributed by atoms with Gasteiger partial charge in [-0.3, -0.25) is 15.4 Å². The summed E-state index contributed by atoms with van der Waals surface area (Å²) < 4.78 is 9.69. The molecule has 7 heteroatoms. The molecule has 0 spiro atoms. The molecule has 0 unspecified atom stereocenters. The summed E-state index contributed by atoms with van der Waals surface area (Å²) in [6.45, 7) is 0. The lowest BCUT2D eigenvalue weighted by Crippen LogP contribution is -2.10. The molecule has 1 heterocycles. The number of hydrogen-bond donors (Lipinski definition) is 1. The second-order valence-corrected chi connectivity index (χ2v) is 4.37. The van der Waals surface area contributed by atoms with Crippen LogP contribution in [0.25, 0.3) is 21.7 Å². The summed E-state index contributed by atoms with van der Waals surface area (Å²) in [5, 5.41) is 15.6. The summed E-state index contributed by atoms with van der Waals surface area (Å²) >= 11 is 0. The standard InChI is InChI=1S/C14H10N2O5/c1-20-14(17)15-9-3-4-10-8(6-9)2-5-12-11(10)7-13(21-12)16(18)19/h2-7H,1H3,(H,15,17). The average molecular weight is 286 g/mol. The molecule has 7 nitrogen and oxygen atoms in total. The molecule has 0 bridgehead atoms. The number of rotatable bonds is 2. The first-order valence-corrected chi connectivity index (χ1v) is 6.04. The maximum absolute atomic E-state index is 11.2. The number of nitro groups is 1. The van der Waals surface area contributed by atoms with Crippen molar-refractivity contribution >= 4 is 39.4 Å². The number of fused-ring (bicyclic) bond motifs is 3. The highest BCUT2D eigenvalue weighted by molar-refractivity contribution is 6.07. The predicted octanol–water partition coefficient (Wildman–Crippen LogP) is 3.67. The predicted molar refractivity (Wildman–Crippen MR) is 76.4 cm³/mol. The third-order valence-electron chi connectivity index (χ3n) is 3.12. The number of hydrogen-bond acceptors (Lipinski definition) is 5. The molecule has 1 amide bonds. The zero-order chi connectivity index (χ0) is 15.0. The van der Waals surface area contributed by atoms with Gasteiger partial charge in [0.15, 0.2) is 0 Å². The molecule has 0 aliphatic rings. The van der Waals surface area contributed by atoms with Crippen LogP contribution in [0.5, 0.6) is 0 Å². The molecule has 0 saturated carbocycles. The van der Waals surface area contributed by atoms with Crippen molar-refractivity contribution in [3.63, 3.8) is 0 Å². The van der Waals surface area contributed by atoms with Crippen LogP contribution in [0, 0.1) is 10.1 Å². The molecule has 0 saturated heterocycles. The van der Waals surface area contributed by atoms with Crippen LogP contribution in [0.1, 0.15) is 0 Å². The van der Waals surface area contributed by atoms with Crippen LogP contribution in [0.15, 0.2) is 40.8 Å². The lowest BCUT2D eigenvalue weighted by molar-refractivity contribution is -0.401. The number of nitrogens with zero attached hydrogens (tertiary/aromatic N) is 1. The number of nitrogens with one attached hydrogen (secondary N) is 1. The van der Waals surface area contributed by atoms with E-state index in [9.17, 15) is 14.9 Å². The molecule has 0 fully saturated rings. The molecule has 0 aliphatic heterocycles. The Morgan fingerprint density at radius 3 is 2.76 bits per heavy atom. The molecular formula is C14H10N2O5. The number of methoxy groups -OCH3 is 1. The number of furan rings is 1. The van der Waals surface area contributed by atoms with Crippen molar-refractivity contribution in [3.8, 4) is 0 Å². The molecular weight excluding hydrogens is 276 g/mol. The van der Waals surface area contributed by atoms with Gasteiger partial charge in [0.1, 0.15) is 10.5 Å². The Bertz CT molecular complexity index is 868. The Hall–Kier alpha value is -3.09. The molecule has 0 atom stereocenters. The summed E-state index contributed by atoms with van der Waals surface area (Å²) in [5.41, 5.74) is 1.02. The van der Waals surface area contributed by atoms with E-state index >= 15 is 0 Å². The van der Waals surface area contributed by atoms with Gasteiger partial charge in [0.2, 0.25) is 0 Å². The van der Waals surface area contributed by atoms with E-state index in [0.717, 1.165) is 10.8 Å². The van der Waals surface area contributed by atoms with Crippen LogP contribution in [0.3, 0.4) is 0 Å². The molecule has 21 heavy (non-hydrogen) atoms. The number of carbonyl (C=O) groups is 1. The van der Waals surface area contributed by atoms with Crippen LogP contribution in [-0.2, 0) is 4.74 Å². The molecule has 1 N–H and O–H groups in total. The van der Waals surface area contributed by atoms with Crippen LogP contribution in [0.4, 0.5) is 16.4 Å². The fourth-order valence-electron chi connectivity index (χ4n) is 2.17. The fraction of sp³-hybridized carbons (Fsp3) is 0.0714. The van der Waals surface area contributed by atoms with Crippen molar-refractivity contribution in [3.05, 3.63) is 46.5 Å². The Balaban J connectivity index is 2.13. The molecule has 0 radical (unpaired) electrons. The fourth-order valence-corrected chi connectivity index (χ4v) is 2.17. The summed E-state index contributed by atoms with van der Waals surface area (Å²) in [5.74, 6) is -0.297. The van der Waals surface area contributed by atoms with Crippen molar-refractivity contribution < 1.29 is 18.9 Å². The zero-order valence-electron chi connectivity index (χ0n) is 11.0. The van der Waals surface area contributed by atoms with Gasteiger partial charge in [-0.1, -0.05) is 12.1 Å². The molecule has 3 aromatic rings. The summed E-state index contributed by atoms with van der Waals surface area (Å²) in [6, 6.07) is 10.0. The minimum Gasteiger partial charge on any atom is -0.453 e. The zero-order valence-corrected chi connectivity index (χ0v) is 11.0. The van der Waals surface area contributed by atoms with Crippen LogP contribution in [0.2, 0.25) is 0 Å². The van der Waals surface area contributed by atoms with Crippen LogP contribution in [-0.4, -0.2) is 18.1 Å². The second-order valence-electron chi connectivity index (χ2n) is 4.37. The Morgan fingerprint density at radius 1 is 1.24 bits per heavy atom. The number of carbonyl (C=O) groups excluding carboxylic acids is 1. The van der Waals surface area contributed by atoms with E-state index in [4.69, 9.17) is 4.42 Å². The number of anilines is 1. The molecule has 1 aromatic heterocycles. The Morgan fingerprint density at radius 2 is 2.05 bits per heavy atom. The van der Waals surface area contributed by atoms with Gasteiger partial charge in [-0.15, -0.1) is 0 Å². The first-order chi connectivity index (χ1) is 10.1. The Kier molecular flexibility index (Phi) is 2.94. The summed E-state index contributed by atoms with van der Waals surface area (Å²) in [4.78, 5) is 21.4. The third-order valence-corrected chi connectivity index (χ3v) is 3.12. The van der Waals surface area contributed by atoms with Gasteiger partial charge in [-0.2, -0.15) is 0 Å². The smallest absolute Gasteiger partial charge is 0.434 e. The first-order valence-electron chi connectivity index (χ1n) is 6.04. The van der Waals surface area contributed by atoms with E-state index in [1.54, 1.807) is 30.3 Å². The third kappa shape index (κ3) is 2.25. The molecule has 106 valence electrons. The monoisotopic (exact) mass is 286 g/mol. The topological polar surface area (TPSA) is 94.6 Å². The minimum absolute atomic E-state index is 0.297. The highest BCUT2D eigenvalue weighted by Gasteiger charge is 2.15. The van der Waals surface area contributed by atoms with E-state index in [1.165, 1.54) is 13.2 Å². The van der Waals surface area contributed by atoms with Crippen molar-refractivity contribution in [1.29, 1.82) is 0 Å². The van der Waals surface area contributed by atoms with Gasteiger partial charge in [0.25, 0.3) is 0 Å². The van der Waals surface area contributed by atoms with E-state index < -0.39 is 11.0 Å². The summed E-state index contributed by atoms with van der Waals surface area (Å²) in [7, 11) is 1.28. The van der Waals surface area contributed by atoms with Gasteiger partial charge >= 0.3 is 12.0 Å². The highest BCUT2D eigenvalue weighted by Crippen LogP contribution is 2.32. The van der Waals surface area contributed by atoms with E-state index in [-0.39, 0.29) is 5.88 Å². The highest BCUT2D eigenvalue weighted by atomic mass is 16.6. The van der Waals surface area contributed by atoms with Crippen molar-refractivity contribution in [2.24, 2.45) is 0 Å². The molecule has 0 aliphatic carbocycles. The lowest BCUT2D eigenvalue weighted by Gasteiger charge is -2.05. The SMILES string of the molecule is COC(=O)Nc1ccc2c(ccc3oc([N+](=O)[O-])cc32)c1. The van der Waals surface area contributed by atoms with Crippen LogP contribution < -0.4 is 5.32 Å². The molecule has 2 aromatic carbocycles. The number of benzene rings is 2. The van der Waals surface area contributed by atoms with Gasteiger partial charge in [0, 0.05) is 11.1 Å². The number of ether oxygens (including phenoxy) is 1. The van der Waals surface area contributed by atoms with Crippen molar-refractivity contribution in [2.45, 2.75) is 0 Å². The van der Waals surface area contributed by atoms with Gasteiger partial charge < -0.3 is 9.15 Å². The minimum atomic E-state index is -0.570. The van der Waals surface area contributed by atoms with Crippen molar-refractivity contribution in [1.82, 2.24) is 0 Å². The Labute approximate surface area is 118 Å². The van der Waals surface area contributed by atoms with Crippen molar-refractivity contribution in [2.75, 3.05) is 12.4 Å². The summed E-state index contributed by atoms with van der Waals surface area (Å²) in [6.07, 6.45) is -0.561. The normalized spacial score (nSPS) is 10.7. The maximum atomic E-state index is 11.2. The van der Waals surface area contributed by atoms with E-state index in [0.29, 0.717) is 16.7 Å². The lowest BCUT2D eigenvalue weighted by atomic mass is 10.1. The van der Waals surface area contributed by atoms with Gasteiger partial charge in [-0.05, 0) is 29.0 Å².